The molecule has 64 valence electrons. The molecule has 1 atom stereocenters. The Kier molecular flexibility index (Phi) is 3.68. The fourth-order valence-corrected chi connectivity index (χ4v) is 1.67. The molecule has 0 saturated carbocycles. The first-order valence-corrected chi connectivity index (χ1v) is 4.95. The molecule has 0 aromatic rings. The molecule has 0 radical (unpaired) electrons. The van der Waals surface area contributed by atoms with E-state index in [4.69, 9.17) is 0 Å². The van der Waals surface area contributed by atoms with Crippen LogP contribution >= 0.6 is 0 Å². The van der Waals surface area contributed by atoms with Gasteiger partial charge in [-0.15, -0.1) is 0 Å². The first-order chi connectivity index (χ1) is 5.29. The van der Waals surface area contributed by atoms with Crippen LogP contribution in [0, 0.1) is 11.8 Å². The van der Waals surface area contributed by atoms with Crippen LogP contribution in [0.5, 0.6) is 0 Å². The third-order valence-corrected chi connectivity index (χ3v) is 2.47. The maximum absolute atomic E-state index is 2.42. The van der Waals surface area contributed by atoms with Crippen molar-refractivity contribution in [2.24, 2.45) is 11.8 Å². The smallest absolute Gasteiger partial charge is 0.0233 e. The van der Waals surface area contributed by atoms with E-state index >= 15 is 0 Å². The highest BCUT2D eigenvalue weighted by Crippen LogP contribution is 2.23. The van der Waals surface area contributed by atoms with E-state index in [0.29, 0.717) is 0 Å². The third kappa shape index (κ3) is 3.60. The first-order valence-electron chi connectivity index (χ1n) is 4.95. The Labute approximate surface area is 70.7 Å². The van der Waals surface area contributed by atoms with Crippen LogP contribution in [0.4, 0.5) is 0 Å². The van der Waals surface area contributed by atoms with Gasteiger partial charge in [-0.2, -0.15) is 0 Å². The number of hydrogen-bond acceptors (Lipinski definition) is 0. The zero-order valence-corrected chi connectivity index (χ0v) is 7.84. The molecule has 0 aromatic heterocycles. The maximum Gasteiger partial charge on any atom is -0.0233 e. The van der Waals surface area contributed by atoms with Gasteiger partial charge < -0.3 is 0 Å². The van der Waals surface area contributed by atoms with E-state index in [1.165, 1.54) is 32.1 Å². The molecule has 0 bridgehead atoms. The first kappa shape index (κ1) is 8.83. The minimum atomic E-state index is 0.880. The van der Waals surface area contributed by atoms with E-state index in [9.17, 15) is 0 Å². The van der Waals surface area contributed by atoms with Crippen molar-refractivity contribution < 1.29 is 0 Å². The van der Waals surface area contributed by atoms with E-state index < -0.39 is 0 Å². The second-order valence-corrected chi connectivity index (χ2v) is 4.09. The lowest BCUT2D eigenvalue weighted by atomic mass is 9.90. The summed E-state index contributed by atoms with van der Waals surface area (Å²) in [6.07, 6.45) is 11.8. The van der Waals surface area contributed by atoms with Gasteiger partial charge in [0.1, 0.15) is 0 Å². The average molecular weight is 152 g/mol. The van der Waals surface area contributed by atoms with Crippen LogP contribution < -0.4 is 0 Å². The Morgan fingerprint density at radius 1 is 1.45 bits per heavy atom. The lowest BCUT2D eigenvalue weighted by molar-refractivity contribution is 0.442. The molecule has 11 heavy (non-hydrogen) atoms. The normalized spacial score (nSPS) is 24.5. The second kappa shape index (κ2) is 4.58. The Balaban J connectivity index is 2.15. The van der Waals surface area contributed by atoms with Crippen LogP contribution in [0.2, 0.25) is 0 Å². The molecule has 0 fully saturated rings. The van der Waals surface area contributed by atoms with Crippen LogP contribution in [-0.4, -0.2) is 0 Å². The summed E-state index contributed by atoms with van der Waals surface area (Å²) in [4.78, 5) is 0. The van der Waals surface area contributed by atoms with E-state index in [1.807, 2.05) is 0 Å². The van der Waals surface area contributed by atoms with Crippen molar-refractivity contribution in [3.05, 3.63) is 12.2 Å². The second-order valence-electron chi connectivity index (χ2n) is 4.09. The molecule has 0 amide bonds. The van der Waals surface area contributed by atoms with E-state index in [0.717, 1.165) is 11.8 Å². The largest absolute Gasteiger partial charge is 0.0883 e. The number of allylic oxidation sites excluding steroid dienone is 2. The zero-order valence-electron chi connectivity index (χ0n) is 7.84. The molecule has 0 saturated heterocycles. The van der Waals surface area contributed by atoms with Gasteiger partial charge in [0, 0.05) is 0 Å². The molecule has 0 spiro atoms. The van der Waals surface area contributed by atoms with Crippen molar-refractivity contribution in [2.45, 2.75) is 46.0 Å². The molecule has 1 aliphatic rings. The van der Waals surface area contributed by atoms with Crippen LogP contribution in [0.1, 0.15) is 46.0 Å². The van der Waals surface area contributed by atoms with Gasteiger partial charge >= 0.3 is 0 Å². The average Bonchev–Trinajstić information content (AvgIpc) is 2.03. The molecular formula is C11H20. The molecule has 0 heteroatoms. The number of hydrogen-bond donors (Lipinski definition) is 0. The highest BCUT2D eigenvalue weighted by molar-refractivity contribution is 4.92. The van der Waals surface area contributed by atoms with Gasteiger partial charge in [-0.05, 0) is 37.5 Å². The SMILES string of the molecule is CC(C)CC[C@@H]1C=CCCC1. The van der Waals surface area contributed by atoms with Crippen molar-refractivity contribution in [2.75, 3.05) is 0 Å². The summed E-state index contributed by atoms with van der Waals surface area (Å²) in [5.41, 5.74) is 0. The van der Waals surface area contributed by atoms with Crippen molar-refractivity contribution in [3.8, 4) is 0 Å². The van der Waals surface area contributed by atoms with E-state index in [1.54, 1.807) is 0 Å². The Bertz CT molecular complexity index is 122. The summed E-state index contributed by atoms with van der Waals surface area (Å²) in [6.45, 7) is 4.62. The quantitative estimate of drug-likeness (QED) is 0.540. The summed E-state index contributed by atoms with van der Waals surface area (Å²) in [5, 5.41) is 0. The lowest BCUT2D eigenvalue weighted by Crippen LogP contribution is -2.02. The van der Waals surface area contributed by atoms with Gasteiger partial charge in [0.05, 0.1) is 0 Å². The third-order valence-electron chi connectivity index (χ3n) is 2.47. The van der Waals surface area contributed by atoms with Gasteiger partial charge in [0.15, 0.2) is 0 Å². The van der Waals surface area contributed by atoms with Gasteiger partial charge in [-0.3, -0.25) is 0 Å². The molecular weight excluding hydrogens is 132 g/mol. The fourth-order valence-electron chi connectivity index (χ4n) is 1.67. The summed E-state index contributed by atoms with van der Waals surface area (Å²) < 4.78 is 0. The predicted octanol–water partition coefficient (Wildman–Crippen LogP) is 3.78. The predicted molar refractivity (Wildman–Crippen MR) is 50.6 cm³/mol. The molecule has 0 nitrogen and oxygen atoms in total. The van der Waals surface area contributed by atoms with Crippen LogP contribution in [0.15, 0.2) is 12.2 Å². The standard InChI is InChI=1S/C11H20/c1-10(2)8-9-11-6-4-3-5-7-11/h4,6,10-11H,3,5,7-9H2,1-2H3/t11-/m1/s1. The molecule has 1 aliphatic carbocycles. The van der Waals surface area contributed by atoms with E-state index in [2.05, 4.69) is 26.0 Å². The summed E-state index contributed by atoms with van der Waals surface area (Å²) >= 11 is 0. The van der Waals surface area contributed by atoms with Gasteiger partial charge in [0.2, 0.25) is 0 Å². The minimum absolute atomic E-state index is 0.880. The monoisotopic (exact) mass is 152 g/mol. The molecule has 0 aliphatic heterocycles. The van der Waals surface area contributed by atoms with Gasteiger partial charge in [-0.25, -0.2) is 0 Å². The molecule has 1 rings (SSSR count). The Morgan fingerprint density at radius 3 is 2.82 bits per heavy atom. The Morgan fingerprint density at radius 2 is 2.27 bits per heavy atom. The molecule has 0 N–H and O–H groups in total. The van der Waals surface area contributed by atoms with E-state index in [-0.39, 0.29) is 0 Å². The van der Waals surface area contributed by atoms with Crippen LogP contribution in [0.3, 0.4) is 0 Å². The highest BCUT2D eigenvalue weighted by Gasteiger charge is 2.08. The molecule has 0 aromatic carbocycles. The lowest BCUT2D eigenvalue weighted by Gasteiger charge is -2.16. The highest BCUT2D eigenvalue weighted by atomic mass is 14.1. The maximum atomic E-state index is 2.42. The number of rotatable bonds is 3. The Hall–Kier alpha value is -0.260. The fraction of sp³-hybridized carbons (Fsp3) is 0.818. The van der Waals surface area contributed by atoms with Gasteiger partial charge in [-0.1, -0.05) is 32.4 Å². The van der Waals surface area contributed by atoms with Crippen LogP contribution in [0.25, 0.3) is 0 Å². The van der Waals surface area contributed by atoms with Crippen molar-refractivity contribution in [1.82, 2.24) is 0 Å². The van der Waals surface area contributed by atoms with Crippen molar-refractivity contribution >= 4 is 0 Å². The molecule has 0 heterocycles. The molecule has 0 unspecified atom stereocenters. The minimum Gasteiger partial charge on any atom is -0.0883 e. The summed E-state index contributed by atoms with van der Waals surface area (Å²) in [5.74, 6) is 1.79. The topological polar surface area (TPSA) is 0 Å². The summed E-state index contributed by atoms with van der Waals surface area (Å²) in [6, 6.07) is 0. The zero-order chi connectivity index (χ0) is 8.10. The van der Waals surface area contributed by atoms with Crippen molar-refractivity contribution in [3.63, 3.8) is 0 Å². The van der Waals surface area contributed by atoms with Crippen LogP contribution in [-0.2, 0) is 0 Å². The van der Waals surface area contributed by atoms with Gasteiger partial charge in [0.25, 0.3) is 0 Å². The van der Waals surface area contributed by atoms with Crippen molar-refractivity contribution in [1.29, 1.82) is 0 Å². The summed E-state index contributed by atoms with van der Waals surface area (Å²) in [7, 11) is 0.